The molecule has 2 atom stereocenters. The number of likely N-dealkylation sites (tertiary alicyclic amines) is 1. The van der Waals surface area contributed by atoms with Crippen LogP contribution in [0.2, 0.25) is 0 Å². The molecule has 1 amide bonds. The number of carbonyl (C=O) groups is 1. The number of hydrogen-bond donors (Lipinski definition) is 2. The van der Waals surface area contributed by atoms with Gasteiger partial charge in [-0.25, -0.2) is 0 Å². The van der Waals surface area contributed by atoms with Gasteiger partial charge in [-0.3, -0.25) is 4.79 Å². The third-order valence-electron chi connectivity index (χ3n) is 4.32. The van der Waals surface area contributed by atoms with Crippen LogP contribution >= 0.6 is 0 Å². The normalized spacial score (nSPS) is 21.7. The number of aromatic amines is 1. The predicted molar refractivity (Wildman–Crippen MR) is 83.9 cm³/mol. The minimum Gasteiger partial charge on any atom is -0.366 e. The highest BCUT2D eigenvalue weighted by molar-refractivity contribution is 6.01. The number of H-pyrrole nitrogens is 1. The van der Waals surface area contributed by atoms with Crippen molar-refractivity contribution >= 4 is 5.91 Å². The minimum absolute atomic E-state index is 0.0959. The molecule has 1 aliphatic heterocycles. The molecule has 1 aromatic heterocycles. The van der Waals surface area contributed by atoms with Crippen LogP contribution in [0.15, 0.2) is 42.7 Å². The summed E-state index contributed by atoms with van der Waals surface area (Å²) < 4.78 is 0. The molecule has 2 aromatic rings. The van der Waals surface area contributed by atoms with Gasteiger partial charge in [-0.1, -0.05) is 30.3 Å². The Bertz CT molecular complexity index is 620. The summed E-state index contributed by atoms with van der Waals surface area (Å²) in [6.45, 7) is 3.51. The number of aromatic nitrogens is 1. The fraction of sp³-hybridized carbons (Fsp3) is 0.353. The molecule has 1 aromatic carbocycles. The van der Waals surface area contributed by atoms with Gasteiger partial charge in [0.2, 0.25) is 0 Å². The minimum atomic E-state index is 0.0959. The van der Waals surface area contributed by atoms with Crippen LogP contribution in [0.4, 0.5) is 0 Å². The average molecular weight is 283 g/mol. The van der Waals surface area contributed by atoms with Gasteiger partial charge in [0.15, 0.2) is 0 Å². The van der Waals surface area contributed by atoms with Gasteiger partial charge in [0.05, 0.1) is 5.56 Å². The highest BCUT2D eigenvalue weighted by atomic mass is 16.2. The molecule has 1 fully saturated rings. The van der Waals surface area contributed by atoms with E-state index in [1.807, 2.05) is 41.4 Å². The Kier molecular flexibility index (Phi) is 3.80. The Hall–Kier alpha value is -2.07. The molecule has 1 saturated heterocycles. The molecule has 0 aliphatic carbocycles. The average Bonchev–Trinajstić information content (AvgIpc) is 3.14. The van der Waals surface area contributed by atoms with E-state index in [0.717, 1.165) is 29.7 Å². The standard InChI is InChI=1S/C17H21N3O/c1-12-7-13(8-18)11-20(12)17(21)16-10-19-9-15(16)14-5-3-2-4-6-14/h2-6,9-10,12-13,19H,7-8,11,18H2,1H3. The van der Waals surface area contributed by atoms with Crippen molar-refractivity contribution < 1.29 is 4.79 Å². The molecule has 3 N–H and O–H groups in total. The SMILES string of the molecule is CC1CC(CN)CN1C(=O)c1c[nH]cc1-c1ccccc1. The summed E-state index contributed by atoms with van der Waals surface area (Å²) in [6, 6.07) is 10.3. The Morgan fingerprint density at radius 2 is 2.10 bits per heavy atom. The van der Waals surface area contributed by atoms with Crippen molar-refractivity contribution in [2.45, 2.75) is 19.4 Å². The molecule has 110 valence electrons. The molecule has 4 nitrogen and oxygen atoms in total. The molecule has 0 saturated carbocycles. The van der Waals surface area contributed by atoms with Crippen LogP contribution < -0.4 is 5.73 Å². The first-order valence-electron chi connectivity index (χ1n) is 7.44. The van der Waals surface area contributed by atoms with Crippen molar-refractivity contribution in [3.63, 3.8) is 0 Å². The molecule has 1 aliphatic rings. The van der Waals surface area contributed by atoms with Crippen molar-refractivity contribution in [3.8, 4) is 11.1 Å². The van der Waals surface area contributed by atoms with Gasteiger partial charge >= 0.3 is 0 Å². The summed E-state index contributed by atoms with van der Waals surface area (Å²) >= 11 is 0. The number of amides is 1. The summed E-state index contributed by atoms with van der Waals surface area (Å²) in [4.78, 5) is 17.9. The Morgan fingerprint density at radius 3 is 2.76 bits per heavy atom. The third-order valence-corrected chi connectivity index (χ3v) is 4.32. The Morgan fingerprint density at radius 1 is 1.33 bits per heavy atom. The van der Waals surface area contributed by atoms with Gasteiger partial charge in [-0.2, -0.15) is 0 Å². The fourth-order valence-electron chi connectivity index (χ4n) is 3.15. The van der Waals surface area contributed by atoms with E-state index < -0.39 is 0 Å². The predicted octanol–water partition coefficient (Wildman–Crippen LogP) is 2.49. The lowest BCUT2D eigenvalue weighted by Gasteiger charge is -2.21. The lowest BCUT2D eigenvalue weighted by atomic mass is 10.0. The van der Waals surface area contributed by atoms with Gasteiger partial charge in [-0.05, 0) is 31.4 Å². The molecule has 3 rings (SSSR count). The van der Waals surface area contributed by atoms with Crippen LogP contribution in [0.25, 0.3) is 11.1 Å². The topological polar surface area (TPSA) is 62.1 Å². The molecule has 21 heavy (non-hydrogen) atoms. The number of hydrogen-bond acceptors (Lipinski definition) is 2. The van der Waals surface area contributed by atoms with Crippen molar-refractivity contribution in [3.05, 3.63) is 48.3 Å². The second-order valence-electron chi connectivity index (χ2n) is 5.79. The molecule has 0 bridgehead atoms. The molecule has 4 heteroatoms. The van der Waals surface area contributed by atoms with Gasteiger partial charge in [0.1, 0.15) is 0 Å². The molecule has 2 unspecified atom stereocenters. The van der Waals surface area contributed by atoms with Crippen LogP contribution in [0.5, 0.6) is 0 Å². The number of rotatable bonds is 3. The van der Waals surface area contributed by atoms with E-state index in [2.05, 4.69) is 11.9 Å². The second-order valence-corrected chi connectivity index (χ2v) is 5.79. The maximum atomic E-state index is 12.8. The van der Waals surface area contributed by atoms with Crippen LogP contribution in [-0.2, 0) is 0 Å². The number of carbonyl (C=O) groups excluding carboxylic acids is 1. The van der Waals surface area contributed by atoms with Crippen LogP contribution in [0.1, 0.15) is 23.7 Å². The number of benzene rings is 1. The van der Waals surface area contributed by atoms with Crippen molar-refractivity contribution in [1.82, 2.24) is 9.88 Å². The first-order chi connectivity index (χ1) is 10.2. The van der Waals surface area contributed by atoms with Gasteiger partial charge < -0.3 is 15.6 Å². The quantitative estimate of drug-likeness (QED) is 0.909. The fourth-order valence-corrected chi connectivity index (χ4v) is 3.15. The number of nitrogens with two attached hydrogens (primary N) is 1. The summed E-state index contributed by atoms with van der Waals surface area (Å²) in [6.07, 6.45) is 4.68. The smallest absolute Gasteiger partial charge is 0.256 e. The zero-order valence-corrected chi connectivity index (χ0v) is 12.3. The third kappa shape index (κ3) is 2.59. The van der Waals surface area contributed by atoms with Crippen LogP contribution in [0, 0.1) is 5.92 Å². The molecule has 2 heterocycles. The lowest BCUT2D eigenvalue weighted by molar-refractivity contribution is 0.0744. The first kappa shape index (κ1) is 13.9. The molecular formula is C17H21N3O. The Balaban J connectivity index is 1.88. The van der Waals surface area contributed by atoms with Crippen molar-refractivity contribution in [1.29, 1.82) is 0 Å². The van der Waals surface area contributed by atoms with E-state index >= 15 is 0 Å². The summed E-state index contributed by atoms with van der Waals surface area (Å²) in [7, 11) is 0. The van der Waals surface area contributed by atoms with E-state index in [0.29, 0.717) is 12.5 Å². The monoisotopic (exact) mass is 283 g/mol. The van der Waals surface area contributed by atoms with Gasteiger partial charge in [0.25, 0.3) is 5.91 Å². The maximum Gasteiger partial charge on any atom is 0.256 e. The van der Waals surface area contributed by atoms with E-state index in [4.69, 9.17) is 5.73 Å². The lowest BCUT2D eigenvalue weighted by Crippen LogP contribution is -2.34. The summed E-state index contributed by atoms with van der Waals surface area (Å²) in [5, 5.41) is 0. The zero-order chi connectivity index (χ0) is 14.8. The molecular weight excluding hydrogens is 262 g/mol. The summed E-state index contributed by atoms with van der Waals surface area (Å²) in [5.41, 5.74) is 8.52. The zero-order valence-electron chi connectivity index (χ0n) is 12.3. The molecule has 0 spiro atoms. The largest absolute Gasteiger partial charge is 0.366 e. The van der Waals surface area contributed by atoms with E-state index in [-0.39, 0.29) is 11.9 Å². The maximum absolute atomic E-state index is 12.8. The molecule has 0 radical (unpaired) electrons. The van der Waals surface area contributed by atoms with E-state index in [1.165, 1.54) is 0 Å². The second kappa shape index (κ2) is 5.74. The van der Waals surface area contributed by atoms with Crippen molar-refractivity contribution in [2.75, 3.05) is 13.1 Å². The number of nitrogens with zero attached hydrogens (tertiary/aromatic N) is 1. The highest BCUT2D eigenvalue weighted by Crippen LogP contribution is 2.28. The van der Waals surface area contributed by atoms with Crippen LogP contribution in [0.3, 0.4) is 0 Å². The highest BCUT2D eigenvalue weighted by Gasteiger charge is 2.33. The van der Waals surface area contributed by atoms with E-state index in [9.17, 15) is 4.79 Å². The van der Waals surface area contributed by atoms with Crippen molar-refractivity contribution in [2.24, 2.45) is 11.7 Å². The summed E-state index contributed by atoms with van der Waals surface area (Å²) in [5.74, 6) is 0.515. The first-order valence-corrected chi connectivity index (χ1v) is 7.44. The van der Waals surface area contributed by atoms with E-state index in [1.54, 1.807) is 6.20 Å². The van der Waals surface area contributed by atoms with Gasteiger partial charge in [0, 0.05) is 30.5 Å². The van der Waals surface area contributed by atoms with Crippen LogP contribution in [-0.4, -0.2) is 34.9 Å². The Labute approximate surface area is 125 Å². The van der Waals surface area contributed by atoms with Gasteiger partial charge in [-0.15, -0.1) is 0 Å². The number of nitrogens with one attached hydrogen (secondary N) is 1.